The molecule has 1 amide bonds. The molecular weight excluding hydrogens is 140 g/mol. The van der Waals surface area contributed by atoms with Gasteiger partial charge in [-0.2, -0.15) is 0 Å². The quantitative estimate of drug-likeness (QED) is 0.556. The molecular formula is C8H16N2O. The first-order valence-corrected chi connectivity index (χ1v) is 3.97. The van der Waals surface area contributed by atoms with E-state index in [1.165, 1.54) is 0 Å². The number of nitrogens with one attached hydrogen (secondary N) is 1. The van der Waals surface area contributed by atoms with Crippen LogP contribution in [0, 0.1) is 0 Å². The predicted molar refractivity (Wildman–Crippen MR) is 44.1 cm³/mol. The van der Waals surface area contributed by atoms with Crippen molar-refractivity contribution in [3.05, 3.63) is 0 Å². The van der Waals surface area contributed by atoms with Crippen molar-refractivity contribution in [1.82, 2.24) is 10.2 Å². The van der Waals surface area contributed by atoms with E-state index in [9.17, 15) is 4.79 Å². The summed E-state index contributed by atoms with van der Waals surface area (Å²) in [5, 5.41) is 2.86. The molecule has 3 nitrogen and oxygen atoms in total. The van der Waals surface area contributed by atoms with Crippen LogP contribution in [0.5, 0.6) is 0 Å². The standard InChI is InChI=1S/C8H16N2O/c1-6-9-7(11)5-10(6)8(2,3)4/h6H,5H2,1-4H3,(H,9,11). The Balaban J connectivity index is 2.67. The molecule has 1 aliphatic heterocycles. The van der Waals surface area contributed by atoms with Crippen molar-refractivity contribution in [2.45, 2.75) is 39.4 Å². The van der Waals surface area contributed by atoms with E-state index in [1.807, 2.05) is 6.92 Å². The number of hydrogen-bond donors (Lipinski definition) is 1. The number of rotatable bonds is 0. The van der Waals surface area contributed by atoms with Gasteiger partial charge in [0.15, 0.2) is 0 Å². The van der Waals surface area contributed by atoms with Crippen LogP contribution in [0.4, 0.5) is 0 Å². The fraction of sp³-hybridized carbons (Fsp3) is 0.875. The minimum Gasteiger partial charge on any atom is -0.340 e. The predicted octanol–water partition coefficient (Wildman–Crippen LogP) is 0.563. The second-order valence-corrected chi connectivity index (χ2v) is 4.04. The van der Waals surface area contributed by atoms with Gasteiger partial charge in [0.1, 0.15) is 0 Å². The molecule has 0 bridgehead atoms. The van der Waals surface area contributed by atoms with Crippen LogP contribution in [0.1, 0.15) is 27.7 Å². The van der Waals surface area contributed by atoms with Crippen molar-refractivity contribution < 1.29 is 4.79 Å². The fourth-order valence-electron chi connectivity index (χ4n) is 1.47. The highest BCUT2D eigenvalue weighted by Crippen LogP contribution is 2.18. The Morgan fingerprint density at radius 3 is 2.27 bits per heavy atom. The van der Waals surface area contributed by atoms with Crippen LogP contribution in [0.25, 0.3) is 0 Å². The Bertz CT molecular complexity index is 171. The van der Waals surface area contributed by atoms with Crippen molar-refractivity contribution in [2.75, 3.05) is 6.54 Å². The molecule has 0 radical (unpaired) electrons. The average Bonchev–Trinajstić information content (AvgIpc) is 2.08. The average molecular weight is 156 g/mol. The first kappa shape index (κ1) is 8.53. The molecule has 1 fully saturated rings. The van der Waals surface area contributed by atoms with Crippen molar-refractivity contribution in [3.8, 4) is 0 Å². The number of amides is 1. The van der Waals surface area contributed by atoms with E-state index in [1.54, 1.807) is 0 Å². The number of nitrogens with zero attached hydrogens (tertiary/aromatic N) is 1. The summed E-state index contributed by atoms with van der Waals surface area (Å²) >= 11 is 0. The largest absolute Gasteiger partial charge is 0.340 e. The maximum atomic E-state index is 11.0. The van der Waals surface area contributed by atoms with Gasteiger partial charge in [0.2, 0.25) is 5.91 Å². The van der Waals surface area contributed by atoms with Crippen LogP contribution in [-0.4, -0.2) is 29.1 Å². The minimum atomic E-state index is 0.0819. The highest BCUT2D eigenvalue weighted by molar-refractivity contribution is 5.80. The van der Waals surface area contributed by atoms with E-state index in [4.69, 9.17) is 0 Å². The maximum Gasteiger partial charge on any atom is 0.235 e. The lowest BCUT2D eigenvalue weighted by molar-refractivity contribution is -0.118. The Morgan fingerprint density at radius 2 is 2.09 bits per heavy atom. The lowest BCUT2D eigenvalue weighted by Gasteiger charge is -2.33. The monoisotopic (exact) mass is 156 g/mol. The summed E-state index contributed by atoms with van der Waals surface area (Å²) in [5.74, 6) is 0.132. The SMILES string of the molecule is CC1NC(=O)CN1C(C)(C)C. The second-order valence-electron chi connectivity index (χ2n) is 4.04. The molecule has 0 spiro atoms. The Kier molecular flexibility index (Phi) is 1.92. The van der Waals surface area contributed by atoms with Gasteiger partial charge in [-0.25, -0.2) is 0 Å². The molecule has 11 heavy (non-hydrogen) atoms. The molecule has 0 aliphatic carbocycles. The van der Waals surface area contributed by atoms with Crippen molar-refractivity contribution >= 4 is 5.91 Å². The molecule has 0 aromatic carbocycles. The molecule has 3 heteroatoms. The second kappa shape index (κ2) is 2.48. The Labute approximate surface area is 67.8 Å². The lowest BCUT2D eigenvalue weighted by Crippen LogP contribution is -2.45. The molecule has 0 saturated carbocycles. The smallest absolute Gasteiger partial charge is 0.235 e. The highest BCUT2D eigenvalue weighted by atomic mass is 16.2. The van der Waals surface area contributed by atoms with Gasteiger partial charge in [-0.05, 0) is 27.7 Å². The molecule has 0 aromatic rings. The molecule has 1 heterocycles. The zero-order valence-corrected chi connectivity index (χ0v) is 7.64. The van der Waals surface area contributed by atoms with Gasteiger partial charge in [-0.3, -0.25) is 9.69 Å². The van der Waals surface area contributed by atoms with E-state index in [0.29, 0.717) is 6.54 Å². The molecule has 1 aliphatic rings. The first-order valence-electron chi connectivity index (χ1n) is 3.97. The van der Waals surface area contributed by atoms with E-state index in [-0.39, 0.29) is 17.6 Å². The summed E-state index contributed by atoms with van der Waals surface area (Å²) in [7, 11) is 0. The molecule has 1 rings (SSSR count). The van der Waals surface area contributed by atoms with Gasteiger partial charge in [0, 0.05) is 5.54 Å². The van der Waals surface area contributed by atoms with Crippen LogP contribution in [0.15, 0.2) is 0 Å². The normalized spacial score (nSPS) is 27.3. The third-order valence-corrected chi connectivity index (χ3v) is 2.01. The number of carbonyl (C=O) groups excluding carboxylic acids is 1. The van der Waals surface area contributed by atoms with Crippen LogP contribution in [0.3, 0.4) is 0 Å². The van der Waals surface area contributed by atoms with Crippen LogP contribution >= 0.6 is 0 Å². The van der Waals surface area contributed by atoms with E-state index in [0.717, 1.165) is 0 Å². The van der Waals surface area contributed by atoms with E-state index < -0.39 is 0 Å². The Morgan fingerprint density at radius 1 is 1.55 bits per heavy atom. The first-order chi connectivity index (χ1) is 4.91. The Hall–Kier alpha value is -0.570. The van der Waals surface area contributed by atoms with Crippen molar-refractivity contribution in [3.63, 3.8) is 0 Å². The fourth-order valence-corrected chi connectivity index (χ4v) is 1.47. The van der Waals surface area contributed by atoms with Gasteiger partial charge in [-0.15, -0.1) is 0 Å². The van der Waals surface area contributed by atoms with Gasteiger partial charge >= 0.3 is 0 Å². The lowest BCUT2D eigenvalue weighted by atomic mass is 10.1. The van der Waals surface area contributed by atoms with Gasteiger partial charge in [0.05, 0.1) is 12.7 Å². The molecule has 64 valence electrons. The third kappa shape index (κ3) is 1.71. The van der Waals surface area contributed by atoms with Crippen molar-refractivity contribution in [1.29, 1.82) is 0 Å². The van der Waals surface area contributed by atoms with Crippen LogP contribution < -0.4 is 5.32 Å². The summed E-state index contributed by atoms with van der Waals surface area (Å²) in [4.78, 5) is 13.1. The van der Waals surface area contributed by atoms with Gasteiger partial charge in [-0.1, -0.05) is 0 Å². The molecule has 1 atom stereocenters. The summed E-state index contributed by atoms with van der Waals surface area (Å²) < 4.78 is 0. The molecule has 0 aromatic heterocycles. The molecule has 1 unspecified atom stereocenters. The van der Waals surface area contributed by atoms with Crippen molar-refractivity contribution in [2.24, 2.45) is 0 Å². The van der Waals surface area contributed by atoms with E-state index >= 15 is 0 Å². The van der Waals surface area contributed by atoms with Gasteiger partial charge < -0.3 is 5.32 Å². The molecule has 1 N–H and O–H groups in total. The van der Waals surface area contributed by atoms with E-state index in [2.05, 4.69) is 31.0 Å². The van der Waals surface area contributed by atoms with Gasteiger partial charge in [0.25, 0.3) is 0 Å². The summed E-state index contributed by atoms with van der Waals surface area (Å²) in [6.07, 6.45) is 0.183. The third-order valence-electron chi connectivity index (χ3n) is 2.01. The minimum absolute atomic E-state index is 0.0819. The topological polar surface area (TPSA) is 32.3 Å². The number of carbonyl (C=O) groups is 1. The zero-order chi connectivity index (χ0) is 8.65. The maximum absolute atomic E-state index is 11.0. The summed E-state index contributed by atoms with van der Waals surface area (Å²) in [5.41, 5.74) is 0.0819. The highest BCUT2D eigenvalue weighted by Gasteiger charge is 2.33. The molecule has 1 saturated heterocycles. The van der Waals surface area contributed by atoms with Crippen LogP contribution in [0.2, 0.25) is 0 Å². The number of hydrogen-bond acceptors (Lipinski definition) is 2. The zero-order valence-electron chi connectivity index (χ0n) is 7.64. The summed E-state index contributed by atoms with van der Waals surface area (Å²) in [6, 6.07) is 0. The van der Waals surface area contributed by atoms with Crippen LogP contribution in [-0.2, 0) is 4.79 Å². The summed E-state index contributed by atoms with van der Waals surface area (Å²) in [6.45, 7) is 8.89.